The molecule has 0 saturated heterocycles. The summed E-state index contributed by atoms with van der Waals surface area (Å²) < 4.78 is 0. The van der Waals surface area contributed by atoms with Crippen LogP contribution in [0.1, 0.15) is 27.7 Å². The summed E-state index contributed by atoms with van der Waals surface area (Å²) in [5.74, 6) is -1.28. The summed E-state index contributed by atoms with van der Waals surface area (Å²) in [6.45, 7) is 0. The number of nitrogens with one attached hydrogen (secondary N) is 1. The maximum atomic E-state index is 12.5. The molecule has 2 aromatic heterocycles. The average molecular weight is 358 g/mol. The maximum Gasteiger partial charge on any atom is 0.305 e. The third-order valence-corrected chi connectivity index (χ3v) is 5.11. The predicted octanol–water partition coefficient (Wildman–Crippen LogP) is 3.82. The molecule has 1 amide bonds. The SMILES string of the molecule is O=C(O)C[C@H](NC(=O)c1cnc(-c2ccsc2)s1)c1ccccc1. The van der Waals surface area contributed by atoms with Crippen molar-refractivity contribution in [1.29, 1.82) is 0 Å². The van der Waals surface area contributed by atoms with Crippen LogP contribution in [0.2, 0.25) is 0 Å². The Morgan fingerprint density at radius 3 is 2.67 bits per heavy atom. The highest BCUT2D eigenvalue weighted by Crippen LogP contribution is 2.27. The summed E-state index contributed by atoms with van der Waals surface area (Å²) in [5.41, 5.74) is 1.74. The lowest BCUT2D eigenvalue weighted by Crippen LogP contribution is -2.29. The summed E-state index contributed by atoms with van der Waals surface area (Å²) in [6, 6.07) is 10.5. The van der Waals surface area contributed by atoms with Crippen LogP contribution < -0.4 is 5.32 Å². The van der Waals surface area contributed by atoms with Gasteiger partial charge in [-0.3, -0.25) is 9.59 Å². The molecule has 0 unspecified atom stereocenters. The van der Waals surface area contributed by atoms with Crippen molar-refractivity contribution in [3.63, 3.8) is 0 Å². The molecule has 0 aliphatic carbocycles. The zero-order chi connectivity index (χ0) is 16.9. The number of rotatable bonds is 6. The molecule has 0 spiro atoms. The lowest BCUT2D eigenvalue weighted by molar-refractivity contribution is -0.137. The van der Waals surface area contributed by atoms with Crippen LogP contribution in [0.25, 0.3) is 10.6 Å². The number of carboxylic acids is 1. The molecular weight excluding hydrogens is 344 g/mol. The largest absolute Gasteiger partial charge is 0.481 e. The van der Waals surface area contributed by atoms with E-state index >= 15 is 0 Å². The van der Waals surface area contributed by atoms with E-state index in [1.165, 1.54) is 17.5 Å². The Bertz CT molecular complexity index is 829. The lowest BCUT2D eigenvalue weighted by atomic mass is 10.0. The number of hydrogen-bond acceptors (Lipinski definition) is 5. The fourth-order valence-electron chi connectivity index (χ4n) is 2.24. The summed E-state index contributed by atoms with van der Waals surface area (Å²) in [7, 11) is 0. The highest BCUT2D eigenvalue weighted by atomic mass is 32.1. The molecule has 0 aliphatic heterocycles. The van der Waals surface area contributed by atoms with Crippen LogP contribution in [-0.2, 0) is 4.79 Å². The van der Waals surface area contributed by atoms with Gasteiger partial charge in [0.1, 0.15) is 9.88 Å². The van der Waals surface area contributed by atoms with Crippen molar-refractivity contribution in [1.82, 2.24) is 10.3 Å². The van der Waals surface area contributed by atoms with Crippen LogP contribution in [0.4, 0.5) is 0 Å². The number of benzene rings is 1. The van der Waals surface area contributed by atoms with Crippen LogP contribution in [0.5, 0.6) is 0 Å². The quantitative estimate of drug-likeness (QED) is 0.702. The van der Waals surface area contributed by atoms with E-state index in [1.807, 2.05) is 35.0 Å². The van der Waals surface area contributed by atoms with Crippen LogP contribution >= 0.6 is 22.7 Å². The topological polar surface area (TPSA) is 79.3 Å². The van der Waals surface area contributed by atoms with E-state index in [0.29, 0.717) is 4.88 Å². The zero-order valence-corrected chi connectivity index (χ0v) is 14.1. The number of carbonyl (C=O) groups excluding carboxylic acids is 1. The minimum absolute atomic E-state index is 0.175. The fourth-order valence-corrected chi connectivity index (χ4v) is 3.77. The lowest BCUT2D eigenvalue weighted by Gasteiger charge is -2.16. The molecule has 0 saturated carbocycles. The average Bonchev–Trinajstić information content (AvgIpc) is 3.25. The van der Waals surface area contributed by atoms with Gasteiger partial charge in [-0.15, -0.1) is 11.3 Å². The van der Waals surface area contributed by atoms with E-state index in [0.717, 1.165) is 16.1 Å². The van der Waals surface area contributed by atoms with Gasteiger partial charge in [0.2, 0.25) is 0 Å². The molecular formula is C17H14N2O3S2. The highest BCUT2D eigenvalue weighted by Gasteiger charge is 2.20. The van der Waals surface area contributed by atoms with E-state index in [9.17, 15) is 9.59 Å². The van der Waals surface area contributed by atoms with Crippen LogP contribution in [-0.4, -0.2) is 22.0 Å². The van der Waals surface area contributed by atoms with Crippen LogP contribution in [0.3, 0.4) is 0 Å². The van der Waals surface area contributed by atoms with Gasteiger partial charge >= 0.3 is 5.97 Å². The molecule has 122 valence electrons. The van der Waals surface area contributed by atoms with Gasteiger partial charge in [0, 0.05) is 10.9 Å². The number of carboxylic acid groups (broad SMARTS) is 1. The first-order chi connectivity index (χ1) is 11.6. The molecule has 3 aromatic rings. The van der Waals surface area contributed by atoms with E-state index in [2.05, 4.69) is 10.3 Å². The second-order valence-electron chi connectivity index (χ2n) is 5.08. The zero-order valence-electron chi connectivity index (χ0n) is 12.5. The summed E-state index contributed by atoms with van der Waals surface area (Å²) in [6.07, 6.45) is 1.35. The molecule has 0 aliphatic rings. The van der Waals surface area contributed by atoms with E-state index in [1.54, 1.807) is 23.5 Å². The Labute approximate surface area is 146 Å². The van der Waals surface area contributed by atoms with Crippen molar-refractivity contribution in [2.24, 2.45) is 0 Å². The molecule has 0 radical (unpaired) electrons. The Balaban J connectivity index is 1.77. The van der Waals surface area contributed by atoms with Gasteiger partial charge < -0.3 is 10.4 Å². The normalized spacial score (nSPS) is 11.8. The van der Waals surface area contributed by atoms with E-state index < -0.39 is 12.0 Å². The van der Waals surface area contributed by atoms with Crippen molar-refractivity contribution in [3.05, 3.63) is 63.8 Å². The maximum absolute atomic E-state index is 12.5. The van der Waals surface area contributed by atoms with Crippen molar-refractivity contribution in [2.45, 2.75) is 12.5 Å². The Morgan fingerprint density at radius 2 is 2.00 bits per heavy atom. The molecule has 1 aromatic carbocycles. The monoisotopic (exact) mass is 358 g/mol. The minimum Gasteiger partial charge on any atom is -0.481 e. The summed E-state index contributed by atoms with van der Waals surface area (Å²) >= 11 is 2.86. The second kappa shape index (κ2) is 7.37. The van der Waals surface area contributed by atoms with E-state index in [-0.39, 0.29) is 12.3 Å². The number of thiophene rings is 1. The fraction of sp³-hybridized carbons (Fsp3) is 0.118. The first kappa shape index (κ1) is 16.4. The number of nitrogens with zero attached hydrogens (tertiary/aromatic N) is 1. The van der Waals surface area contributed by atoms with Gasteiger partial charge in [0.15, 0.2) is 0 Å². The third kappa shape index (κ3) is 3.87. The molecule has 2 heterocycles. The molecule has 0 fully saturated rings. The first-order valence-corrected chi connectivity index (χ1v) is 8.95. The van der Waals surface area contributed by atoms with Crippen molar-refractivity contribution in [3.8, 4) is 10.6 Å². The molecule has 3 rings (SSSR count). The number of aromatic nitrogens is 1. The molecule has 1 atom stereocenters. The second-order valence-corrected chi connectivity index (χ2v) is 6.89. The number of carbonyl (C=O) groups is 2. The van der Waals surface area contributed by atoms with Crippen molar-refractivity contribution in [2.75, 3.05) is 0 Å². The van der Waals surface area contributed by atoms with Gasteiger partial charge in [-0.05, 0) is 17.0 Å². The molecule has 5 nitrogen and oxygen atoms in total. The summed E-state index contributed by atoms with van der Waals surface area (Å²) in [4.78, 5) is 28.3. The van der Waals surface area contributed by atoms with Gasteiger partial charge in [-0.25, -0.2) is 4.98 Å². The number of amides is 1. The molecule has 24 heavy (non-hydrogen) atoms. The van der Waals surface area contributed by atoms with Crippen LogP contribution in [0.15, 0.2) is 53.4 Å². The number of hydrogen-bond donors (Lipinski definition) is 2. The third-order valence-electron chi connectivity index (χ3n) is 3.38. The van der Waals surface area contributed by atoms with Gasteiger partial charge in [-0.2, -0.15) is 11.3 Å². The van der Waals surface area contributed by atoms with Crippen molar-refractivity contribution >= 4 is 34.6 Å². The Kier molecular flexibility index (Phi) is 5.02. The summed E-state index contributed by atoms with van der Waals surface area (Å²) in [5, 5.41) is 16.6. The highest BCUT2D eigenvalue weighted by molar-refractivity contribution is 7.17. The standard InChI is InChI=1S/C17H14N2O3S2/c20-15(21)8-13(11-4-2-1-3-5-11)19-16(22)14-9-18-17(24-14)12-6-7-23-10-12/h1-7,9-10,13H,8H2,(H,19,22)(H,20,21)/t13-/m0/s1. The smallest absolute Gasteiger partial charge is 0.305 e. The Morgan fingerprint density at radius 1 is 1.21 bits per heavy atom. The molecule has 2 N–H and O–H groups in total. The van der Waals surface area contributed by atoms with Gasteiger partial charge in [0.25, 0.3) is 5.91 Å². The number of thiazole rings is 1. The predicted molar refractivity (Wildman–Crippen MR) is 94.3 cm³/mol. The van der Waals surface area contributed by atoms with Crippen LogP contribution in [0, 0.1) is 0 Å². The van der Waals surface area contributed by atoms with Crippen molar-refractivity contribution < 1.29 is 14.7 Å². The van der Waals surface area contributed by atoms with E-state index in [4.69, 9.17) is 5.11 Å². The Hall–Kier alpha value is -2.51. The van der Waals surface area contributed by atoms with Gasteiger partial charge in [-0.1, -0.05) is 30.3 Å². The number of aliphatic carboxylic acids is 1. The molecule has 0 bridgehead atoms. The van der Waals surface area contributed by atoms with Gasteiger partial charge in [0.05, 0.1) is 18.7 Å². The first-order valence-electron chi connectivity index (χ1n) is 7.19. The minimum atomic E-state index is -0.965. The molecule has 7 heteroatoms.